The van der Waals surface area contributed by atoms with Crippen molar-refractivity contribution in [2.45, 2.75) is 70.4 Å². The lowest BCUT2D eigenvalue weighted by Crippen LogP contribution is -2.49. The molecule has 3 heteroatoms. The first-order valence-electron chi connectivity index (χ1n) is 6.61. The molecule has 2 rings (SSSR count). The summed E-state index contributed by atoms with van der Waals surface area (Å²) in [5, 5.41) is 12.9. The van der Waals surface area contributed by atoms with E-state index in [1.807, 2.05) is 0 Å². The number of carbonyl (C=O) groups is 1. The Balaban J connectivity index is 1.90. The fourth-order valence-electron chi connectivity index (χ4n) is 3.00. The van der Waals surface area contributed by atoms with Crippen LogP contribution in [0.15, 0.2) is 0 Å². The predicted octanol–water partition coefficient (Wildman–Crippen LogP) is 1.99. The molecule has 0 spiro atoms. The van der Waals surface area contributed by atoms with Crippen LogP contribution in [0.25, 0.3) is 0 Å². The third kappa shape index (κ3) is 2.40. The first kappa shape index (κ1) is 11.9. The Morgan fingerprint density at radius 1 is 1.19 bits per heavy atom. The molecule has 3 nitrogen and oxygen atoms in total. The third-order valence-electron chi connectivity index (χ3n) is 4.30. The average Bonchev–Trinajstić information content (AvgIpc) is 2.70. The number of rotatable bonds is 2. The van der Waals surface area contributed by atoms with E-state index in [2.05, 4.69) is 12.2 Å². The van der Waals surface area contributed by atoms with Crippen molar-refractivity contribution in [2.75, 3.05) is 0 Å². The van der Waals surface area contributed by atoms with E-state index in [0.29, 0.717) is 0 Å². The summed E-state index contributed by atoms with van der Waals surface area (Å²) >= 11 is 0. The zero-order valence-electron chi connectivity index (χ0n) is 10.2. The van der Waals surface area contributed by atoms with Gasteiger partial charge in [-0.25, -0.2) is 0 Å². The van der Waals surface area contributed by atoms with E-state index < -0.39 is 0 Å². The molecule has 0 aromatic heterocycles. The highest BCUT2D eigenvalue weighted by atomic mass is 16.3. The topological polar surface area (TPSA) is 49.3 Å². The van der Waals surface area contributed by atoms with Gasteiger partial charge in [0.25, 0.3) is 0 Å². The maximum atomic E-state index is 12.2. The van der Waals surface area contributed by atoms with Crippen LogP contribution >= 0.6 is 0 Å². The zero-order chi connectivity index (χ0) is 11.6. The van der Waals surface area contributed by atoms with E-state index in [1.54, 1.807) is 0 Å². The van der Waals surface area contributed by atoms with Crippen molar-refractivity contribution in [3.8, 4) is 0 Å². The summed E-state index contributed by atoms with van der Waals surface area (Å²) in [4.78, 5) is 12.2. The van der Waals surface area contributed by atoms with Crippen molar-refractivity contribution in [1.29, 1.82) is 0 Å². The van der Waals surface area contributed by atoms with Crippen LogP contribution in [-0.2, 0) is 4.79 Å². The Kier molecular flexibility index (Phi) is 3.53. The second kappa shape index (κ2) is 4.74. The van der Waals surface area contributed by atoms with Gasteiger partial charge in [0.15, 0.2) is 0 Å². The number of aliphatic hydroxyl groups excluding tert-OH is 1. The minimum absolute atomic E-state index is 0.00123. The van der Waals surface area contributed by atoms with Crippen LogP contribution in [0.3, 0.4) is 0 Å². The van der Waals surface area contributed by atoms with E-state index in [9.17, 15) is 9.90 Å². The number of carbonyl (C=O) groups excluding carboxylic acids is 1. The van der Waals surface area contributed by atoms with Gasteiger partial charge in [-0.15, -0.1) is 0 Å². The number of aliphatic hydroxyl groups is 1. The summed E-state index contributed by atoms with van der Waals surface area (Å²) in [5.74, 6) is 0.163. The molecule has 2 atom stereocenters. The lowest BCUT2D eigenvalue weighted by molar-refractivity contribution is -0.131. The van der Waals surface area contributed by atoms with E-state index in [0.717, 1.165) is 51.4 Å². The average molecular weight is 225 g/mol. The second-order valence-electron chi connectivity index (χ2n) is 5.70. The Morgan fingerprint density at radius 2 is 1.81 bits per heavy atom. The molecule has 2 aliphatic rings. The van der Waals surface area contributed by atoms with E-state index in [4.69, 9.17) is 0 Å². The summed E-state index contributed by atoms with van der Waals surface area (Å²) in [7, 11) is 0. The minimum Gasteiger partial charge on any atom is -0.391 e. The van der Waals surface area contributed by atoms with Gasteiger partial charge in [0, 0.05) is 5.41 Å². The number of amides is 1. The highest BCUT2D eigenvalue weighted by Gasteiger charge is 2.38. The molecule has 0 radical (unpaired) electrons. The van der Waals surface area contributed by atoms with Gasteiger partial charge in [-0.1, -0.05) is 32.6 Å². The van der Waals surface area contributed by atoms with Crippen LogP contribution in [0, 0.1) is 5.41 Å². The van der Waals surface area contributed by atoms with Crippen LogP contribution < -0.4 is 5.32 Å². The van der Waals surface area contributed by atoms with Crippen molar-refractivity contribution in [3.63, 3.8) is 0 Å². The summed E-state index contributed by atoms with van der Waals surface area (Å²) in [6, 6.07) is -0.00123. The van der Waals surface area contributed by atoms with Gasteiger partial charge in [-0.05, 0) is 25.7 Å². The van der Waals surface area contributed by atoms with Gasteiger partial charge in [-0.2, -0.15) is 0 Å². The fraction of sp³-hybridized carbons (Fsp3) is 0.923. The first-order chi connectivity index (χ1) is 7.62. The molecule has 1 amide bonds. The molecule has 92 valence electrons. The zero-order valence-corrected chi connectivity index (χ0v) is 10.2. The summed E-state index contributed by atoms with van der Waals surface area (Å²) in [6.45, 7) is 2.06. The molecule has 2 fully saturated rings. The SMILES string of the molecule is CC1(C(=O)NC2CCCCC2O)CCCC1. The summed E-state index contributed by atoms with van der Waals surface area (Å²) in [5.41, 5.74) is -0.169. The van der Waals surface area contributed by atoms with Gasteiger partial charge in [0.1, 0.15) is 0 Å². The van der Waals surface area contributed by atoms with Crippen molar-refractivity contribution in [2.24, 2.45) is 5.41 Å². The fourth-order valence-corrected chi connectivity index (χ4v) is 3.00. The van der Waals surface area contributed by atoms with Crippen molar-refractivity contribution in [3.05, 3.63) is 0 Å². The molecular weight excluding hydrogens is 202 g/mol. The predicted molar refractivity (Wildman–Crippen MR) is 63.0 cm³/mol. The lowest BCUT2D eigenvalue weighted by Gasteiger charge is -2.32. The van der Waals surface area contributed by atoms with Gasteiger partial charge < -0.3 is 10.4 Å². The highest BCUT2D eigenvalue weighted by Crippen LogP contribution is 2.38. The number of hydrogen-bond donors (Lipinski definition) is 2. The molecule has 2 saturated carbocycles. The molecule has 16 heavy (non-hydrogen) atoms. The van der Waals surface area contributed by atoms with Gasteiger partial charge in [-0.3, -0.25) is 4.79 Å². The summed E-state index contributed by atoms with van der Waals surface area (Å²) < 4.78 is 0. The van der Waals surface area contributed by atoms with Gasteiger partial charge in [0.2, 0.25) is 5.91 Å². The van der Waals surface area contributed by atoms with Crippen molar-refractivity contribution < 1.29 is 9.90 Å². The van der Waals surface area contributed by atoms with E-state index >= 15 is 0 Å². The van der Waals surface area contributed by atoms with Crippen molar-refractivity contribution in [1.82, 2.24) is 5.32 Å². The Labute approximate surface area is 97.6 Å². The molecule has 2 aliphatic carbocycles. The molecule has 0 aromatic rings. The first-order valence-corrected chi connectivity index (χ1v) is 6.61. The van der Waals surface area contributed by atoms with E-state index in [1.165, 1.54) is 0 Å². The maximum absolute atomic E-state index is 12.2. The number of nitrogens with one attached hydrogen (secondary N) is 1. The highest BCUT2D eigenvalue weighted by molar-refractivity contribution is 5.82. The Hall–Kier alpha value is -0.570. The largest absolute Gasteiger partial charge is 0.391 e. The standard InChI is InChI=1S/C13H23NO2/c1-13(8-4-5-9-13)12(16)14-10-6-2-3-7-11(10)15/h10-11,15H,2-9H2,1H3,(H,14,16). The molecule has 2 unspecified atom stereocenters. The molecule has 2 N–H and O–H groups in total. The second-order valence-corrected chi connectivity index (χ2v) is 5.70. The molecule has 0 aromatic carbocycles. The van der Waals surface area contributed by atoms with Crippen LogP contribution in [0.5, 0.6) is 0 Å². The minimum atomic E-state index is -0.331. The molecule has 0 bridgehead atoms. The Morgan fingerprint density at radius 3 is 2.44 bits per heavy atom. The smallest absolute Gasteiger partial charge is 0.226 e. The molecule has 0 heterocycles. The molecular formula is C13H23NO2. The molecule has 0 aliphatic heterocycles. The monoisotopic (exact) mass is 225 g/mol. The van der Waals surface area contributed by atoms with Crippen molar-refractivity contribution >= 4 is 5.91 Å². The van der Waals surface area contributed by atoms with Gasteiger partial charge >= 0.3 is 0 Å². The van der Waals surface area contributed by atoms with Crippen LogP contribution in [0.4, 0.5) is 0 Å². The summed E-state index contributed by atoms with van der Waals surface area (Å²) in [6.07, 6.45) is 7.98. The third-order valence-corrected chi connectivity index (χ3v) is 4.30. The number of hydrogen-bond acceptors (Lipinski definition) is 2. The Bertz CT molecular complexity index is 259. The van der Waals surface area contributed by atoms with Crippen LogP contribution in [0.1, 0.15) is 58.3 Å². The van der Waals surface area contributed by atoms with Gasteiger partial charge in [0.05, 0.1) is 12.1 Å². The van der Waals surface area contributed by atoms with Crippen LogP contribution in [-0.4, -0.2) is 23.2 Å². The quantitative estimate of drug-likeness (QED) is 0.755. The lowest BCUT2D eigenvalue weighted by atomic mass is 9.86. The maximum Gasteiger partial charge on any atom is 0.226 e. The van der Waals surface area contributed by atoms with E-state index in [-0.39, 0.29) is 23.5 Å². The molecule has 0 saturated heterocycles. The normalized spacial score (nSPS) is 33.6. The van der Waals surface area contributed by atoms with Crippen LogP contribution in [0.2, 0.25) is 0 Å².